The highest BCUT2D eigenvalue weighted by molar-refractivity contribution is 5.18. The Labute approximate surface area is 121 Å². The molecule has 0 amide bonds. The molecule has 4 nitrogen and oxygen atoms in total. The van der Waals surface area contributed by atoms with Gasteiger partial charge in [-0.1, -0.05) is 37.3 Å². The number of aromatic nitrogens is 3. The van der Waals surface area contributed by atoms with Crippen LogP contribution in [0.3, 0.4) is 0 Å². The molecule has 4 heteroatoms. The highest BCUT2D eigenvalue weighted by Gasteiger charge is 2.10. The highest BCUT2D eigenvalue weighted by Crippen LogP contribution is 2.19. The maximum atomic E-state index is 4.33. The summed E-state index contributed by atoms with van der Waals surface area (Å²) in [6, 6.07) is 11.1. The first-order valence-electron chi connectivity index (χ1n) is 7.50. The van der Waals surface area contributed by atoms with Crippen LogP contribution in [0.4, 0.5) is 0 Å². The van der Waals surface area contributed by atoms with Crippen LogP contribution < -0.4 is 5.32 Å². The van der Waals surface area contributed by atoms with Gasteiger partial charge < -0.3 is 5.32 Å². The summed E-state index contributed by atoms with van der Waals surface area (Å²) in [6.07, 6.45) is 4.88. The standard InChI is InChI=1S/C16H24N4/c1-3-17-15(14-9-6-5-7-10-14)11-8-12-16-18-13-19-20(16)4-2/h5-7,9-10,13,15,17H,3-4,8,11-12H2,1-2H3. The molecule has 108 valence electrons. The van der Waals surface area contributed by atoms with E-state index in [1.165, 1.54) is 5.56 Å². The second-order valence-corrected chi connectivity index (χ2v) is 4.91. The van der Waals surface area contributed by atoms with E-state index in [1.807, 2.05) is 4.68 Å². The van der Waals surface area contributed by atoms with Crippen molar-refractivity contribution in [3.8, 4) is 0 Å². The predicted octanol–water partition coefficient (Wildman–Crippen LogP) is 2.97. The average Bonchev–Trinajstić information content (AvgIpc) is 2.95. The SMILES string of the molecule is CCNC(CCCc1ncnn1CC)c1ccccc1. The molecule has 2 aromatic rings. The minimum absolute atomic E-state index is 0.430. The second kappa shape index (κ2) is 7.80. The molecule has 0 aliphatic heterocycles. The minimum Gasteiger partial charge on any atom is -0.310 e. The van der Waals surface area contributed by atoms with Gasteiger partial charge in [-0.25, -0.2) is 4.98 Å². The Bertz CT molecular complexity index is 492. The van der Waals surface area contributed by atoms with Crippen molar-refractivity contribution < 1.29 is 0 Å². The van der Waals surface area contributed by atoms with Crippen molar-refractivity contribution in [3.63, 3.8) is 0 Å². The van der Waals surface area contributed by atoms with Gasteiger partial charge in [0, 0.05) is 19.0 Å². The van der Waals surface area contributed by atoms with Crippen LogP contribution in [0.2, 0.25) is 0 Å². The van der Waals surface area contributed by atoms with Crippen molar-refractivity contribution in [2.24, 2.45) is 0 Å². The van der Waals surface area contributed by atoms with Crippen LogP contribution in [0.25, 0.3) is 0 Å². The molecule has 2 rings (SSSR count). The average molecular weight is 272 g/mol. The molecule has 0 radical (unpaired) electrons. The number of benzene rings is 1. The summed E-state index contributed by atoms with van der Waals surface area (Å²) in [7, 11) is 0. The third-order valence-corrected chi connectivity index (χ3v) is 3.54. The van der Waals surface area contributed by atoms with Gasteiger partial charge in [-0.15, -0.1) is 0 Å². The van der Waals surface area contributed by atoms with Crippen molar-refractivity contribution in [3.05, 3.63) is 48.0 Å². The third-order valence-electron chi connectivity index (χ3n) is 3.54. The van der Waals surface area contributed by atoms with Gasteiger partial charge in [0.15, 0.2) is 0 Å². The van der Waals surface area contributed by atoms with Gasteiger partial charge in [0.1, 0.15) is 12.2 Å². The van der Waals surface area contributed by atoms with Gasteiger partial charge in [-0.3, -0.25) is 4.68 Å². The molecule has 0 aliphatic rings. The largest absolute Gasteiger partial charge is 0.310 e. The molecule has 0 aliphatic carbocycles. The zero-order valence-electron chi connectivity index (χ0n) is 12.4. The monoisotopic (exact) mass is 272 g/mol. The number of rotatable bonds is 8. The van der Waals surface area contributed by atoms with Crippen molar-refractivity contribution in [1.29, 1.82) is 0 Å². The lowest BCUT2D eigenvalue weighted by molar-refractivity contribution is 0.488. The molecule has 0 bridgehead atoms. The van der Waals surface area contributed by atoms with E-state index < -0.39 is 0 Å². The quantitative estimate of drug-likeness (QED) is 0.803. The van der Waals surface area contributed by atoms with Gasteiger partial charge in [-0.05, 0) is 31.9 Å². The zero-order valence-corrected chi connectivity index (χ0v) is 12.4. The van der Waals surface area contributed by atoms with Gasteiger partial charge in [-0.2, -0.15) is 5.10 Å². The molecule has 1 heterocycles. The number of hydrogen-bond acceptors (Lipinski definition) is 3. The first-order chi connectivity index (χ1) is 9.85. The van der Waals surface area contributed by atoms with E-state index in [4.69, 9.17) is 0 Å². The summed E-state index contributed by atoms with van der Waals surface area (Å²) < 4.78 is 1.98. The Morgan fingerprint density at radius 1 is 1.20 bits per heavy atom. The zero-order chi connectivity index (χ0) is 14.2. The van der Waals surface area contributed by atoms with E-state index in [0.29, 0.717) is 6.04 Å². The fourth-order valence-electron chi connectivity index (χ4n) is 2.53. The van der Waals surface area contributed by atoms with E-state index in [0.717, 1.165) is 38.2 Å². The van der Waals surface area contributed by atoms with Crippen LogP contribution in [0.5, 0.6) is 0 Å². The molecule has 1 aromatic heterocycles. The van der Waals surface area contributed by atoms with E-state index in [9.17, 15) is 0 Å². The van der Waals surface area contributed by atoms with Gasteiger partial charge in [0.2, 0.25) is 0 Å². The van der Waals surface area contributed by atoms with Crippen LogP contribution in [-0.2, 0) is 13.0 Å². The molecular weight excluding hydrogens is 248 g/mol. The molecule has 1 N–H and O–H groups in total. The predicted molar refractivity (Wildman–Crippen MR) is 81.5 cm³/mol. The molecule has 1 unspecified atom stereocenters. The second-order valence-electron chi connectivity index (χ2n) is 4.91. The fraction of sp³-hybridized carbons (Fsp3) is 0.500. The summed E-state index contributed by atoms with van der Waals surface area (Å²) in [6.45, 7) is 6.14. The van der Waals surface area contributed by atoms with Crippen LogP contribution in [0.15, 0.2) is 36.7 Å². The van der Waals surface area contributed by atoms with Gasteiger partial charge in [0.25, 0.3) is 0 Å². The molecule has 0 saturated carbocycles. The third kappa shape index (κ3) is 3.90. The first kappa shape index (κ1) is 14.7. The van der Waals surface area contributed by atoms with Crippen molar-refractivity contribution in [1.82, 2.24) is 20.1 Å². The fourth-order valence-corrected chi connectivity index (χ4v) is 2.53. The highest BCUT2D eigenvalue weighted by atomic mass is 15.3. The van der Waals surface area contributed by atoms with Crippen molar-refractivity contribution in [2.45, 2.75) is 45.7 Å². The van der Waals surface area contributed by atoms with Crippen LogP contribution in [0, 0.1) is 0 Å². The lowest BCUT2D eigenvalue weighted by atomic mass is 10.0. The maximum absolute atomic E-state index is 4.33. The van der Waals surface area contributed by atoms with E-state index >= 15 is 0 Å². The number of nitrogens with one attached hydrogen (secondary N) is 1. The number of nitrogens with zero attached hydrogens (tertiary/aromatic N) is 3. The lowest BCUT2D eigenvalue weighted by Crippen LogP contribution is -2.21. The minimum atomic E-state index is 0.430. The Morgan fingerprint density at radius 3 is 2.70 bits per heavy atom. The molecule has 0 fully saturated rings. The van der Waals surface area contributed by atoms with E-state index in [2.05, 4.69) is 59.6 Å². The normalized spacial score (nSPS) is 12.5. The lowest BCUT2D eigenvalue weighted by Gasteiger charge is -2.18. The molecule has 1 aromatic carbocycles. The molecule has 1 atom stereocenters. The topological polar surface area (TPSA) is 42.7 Å². The van der Waals surface area contributed by atoms with Gasteiger partial charge in [0.05, 0.1) is 0 Å². The molecule has 0 spiro atoms. The smallest absolute Gasteiger partial charge is 0.138 e. The Kier molecular flexibility index (Phi) is 5.74. The molecular formula is C16H24N4. The van der Waals surface area contributed by atoms with Crippen LogP contribution in [0.1, 0.15) is 44.1 Å². The van der Waals surface area contributed by atoms with E-state index in [-0.39, 0.29) is 0 Å². The number of aryl methyl sites for hydroxylation is 2. The Hall–Kier alpha value is -1.68. The summed E-state index contributed by atoms with van der Waals surface area (Å²) in [5, 5.41) is 7.78. The van der Waals surface area contributed by atoms with E-state index in [1.54, 1.807) is 6.33 Å². The first-order valence-corrected chi connectivity index (χ1v) is 7.50. The van der Waals surface area contributed by atoms with Crippen LogP contribution >= 0.6 is 0 Å². The summed E-state index contributed by atoms with van der Waals surface area (Å²) in [5.74, 6) is 1.09. The van der Waals surface area contributed by atoms with Crippen LogP contribution in [-0.4, -0.2) is 21.3 Å². The van der Waals surface area contributed by atoms with Crippen molar-refractivity contribution >= 4 is 0 Å². The van der Waals surface area contributed by atoms with Crippen molar-refractivity contribution in [2.75, 3.05) is 6.54 Å². The Balaban J connectivity index is 1.90. The summed E-state index contributed by atoms with van der Waals surface area (Å²) >= 11 is 0. The Morgan fingerprint density at radius 2 is 2.00 bits per heavy atom. The molecule has 0 saturated heterocycles. The number of hydrogen-bond donors (Lipinski definition) is 1. The summed E-state index contributed by atoms with van der Waals surface area (Å²) in [4.78, 5) is 4.33. The maximum Gasteiger partial charge on any atom is 0.138 e. The molecule has 20 heavy (non-hydrogen) atoms. The summed E-state index contributed by atoms with van der Waals surface area (Å²) in [5.41, 5.74) is 1.37. The van der Waals surface area contributed by atoms with Gasteiger partial charge >= 0.3 is 0 Å².